The van der Waals surface area contributed by atoms with Crippen LogP contribution in [0.3, 0.4) is 0 Å². The Labute approximate surface area is 168 Å². The van der Waals surface area contributed by atoms with E-state index >= 15 is 0 Å². The van der Waals surface area contributed by atoms with Crippen molar-refractivity contribution in [1.82, 2.24) is 4.90 Å². The van der Waals surface area contributed by atoms with Gasteiger partial charge in [0.2, 0.25) is 5.91 Å². The third-order valence-corrected chi connectivity index (χ3v) is 5.88. The molecule has 0 saturated heterocycles. The number of amides is 1. The first-order valence-electron chi connectivity index (χ1n) is 9.67. The number of ether oxygens (including phenoxy) is 2. The smallest absolute Gasteiger partial charge is 0.341 e. The maximum absolute atomic E-state index is 12.7. The molecule has 1 aliphatic heterocycles. The van der Waals surface area contributed by atoms with Gasteiger partial charge in [-0.2, -0.15) is 0 Å². The van der Waals surface area contributed by atoms with E-state index in [-0.39, 0.29) is 18.4 Å². The molecule has 4 rings (SSSR count). The number of hydrogen-bond donors (Lipinski definition) is 1. The molecule has 0 atom stereocenters. The van der Waals surface area contributed by atoms with Crippen molar-refractivity contribution in [2.24, 2.45) is 0 Å². The molecule has 0 unspecified atom stereocenters. The Kier molecular flexibility index (Phi) is 5.64. The Morgan fingerprint density at radius 3 is 2.93 bits per heavy atom. The number of fused-ring (bicyclic) bond motifs is 1. The normalized spacial score (nSPS) is 16.6. The van der Waals surface area contributed by atoms with Crippen molar-refractivity contribution in [1.29, 1.82) is 0 Å². The number of para-hydroxylation sites is 1. The topological polar surface area (TPSA) is 67.9 Å². The van der Waals surface area contributed by atoms with Gasteiger partial charge >= 0.3 is 5.97 Å². The summed E-state index contributed by atoms with van der Waals surface area (Å²) < 4.78 is 11.0. The zero-order valence-corrected chi connectivity index (χ0v) is 16.7. The largest absolute Gasteiger partial charge is 0.492 e. The standard InChI is InChI=1S/C21H24N2O4S/c1-2-26-21(25)19-16(14-7-8-14)13-28-20(19)22-18(24)12-23-9-10-27-17-6-4-3-5-15(17)11-23/h3-6,13-14H,2,7-12H2,1H3,(H,22,24). The highest BCUT2D eigenvalue weighted by Gasteiger charge is 2.32. The van der Waals surface area contributed by atoms with Gasteiger partial charge in [0.25, 0.3) is 0 Å². The molecule has 1 aliphatic carbocycles. The second-order valence-corrected chi connectivity index (χ2v) is 7.98. The molecule has 6 nitrogen and oxygen atoms in total. The third-order valence-electron chi connectivity index (χ3n) is 4.97. The number of carbonyl (C=O) groups excluding carboxylic acids is 2. The number of hydrogen-bond acceptors (Lipinski definition) is 6. The Bertz CT molecular complexity index is 875. The van der Waals surface area contributed by atoms with Crippen LogP contribution >= 0.6 is 11.3 Å². The third kappa shape index (κ3) is 4.20. The maximum Gasteiger partial charge on any atom is 0.341 e. The molecule has 2 heterocycles. The average molecular weight is 401 g/mol. The number of anilines is 1. The van der Waals surface area contributed by atoms with Crippen LogP contribution in [0.25, 0.3) is 0 Å². The summed E-state index contributed by atoms with van der Waals surface area (Å²) in [5.41, 5.74) is 2.62. The number of nitrogens with one attached hydrogen (secondary N) is 1. The average Bonchev–Trinajstić information content (AvgIpc) is 3.46. The molecule has 1 N–H and O–H groups in total. The minimum absolute atomic E-state index is 0.130. The fraction of sp³-hybridized carbons (Fsp3) is 0.429. The number of esters is 1. The van der Waals surface area contributed by atoms with Crippen LogP contribution < -0.4 is 10.1 Å². The number of carbonyl (C=O) groups is 2. The summed E-state index contributed by atoms with van der Waals surface area (Å²) in [6.45, 7) is 4.23. The van der Waals surface area contributed by atoms with Gasteiger partial charge in [-0.3, -0.25) is 9.69 Å². The SMILES string of the molecule is CCOC(=O)c1c(C2CC2)csc1NC(=O)CN1CCOc2ccccc2C1. The zero-order valence-electron chi connectivity index (χ0n) is 15.9. The summed E-state index contributed by atoms with van der Waals surface area (Å²) in [4.78, 5) is 27.2. The van der Waals surface area contributed by atoms with Gasteiger partial charge < -0.3 is 14.8 Å². The van der Waals surface area contributed by atoms with Gasteiger partial charge in [-0.05, 0) is 42.7 Å². The summed E-state index contributed by atoms with van der Waals surface area (Å²) in [7, 11) is 0. The van der Waals surface area contributed by atoms with Gasteiger partial charge in [-0.25, -0.2) is 4.79 Å². The summed E-state index contributed by atoms with van der Waals surface area (Å²) in [6.07, 6.45) is 2.17. The van der Waals surface area contributed by atoms with E-state index in [1.54, 1.807) is 6.92 Å². The Morgan fingerprint density at radius 1 is 1.32 bits per heavy atom. The number of rotatable bonds is 6. The van der Waals surface area contributed by atoms with Crippen molar-refractivity contribution < 1.29 is 19.1 Å². The lowest BCUT2D eigenvalue weighted by Crippen LogP contribution is -2.34. The molecule has 2 aromatic rings. The van der Waals surface area contributed by atoms with Crippen molar-refractivity contribution in [3.63, 3.8) is 0 Å². The van der Waals surface area contributed by atoms with Gasteiger partial charge in [0.05, 0.1) is 18.7 Å². The van der Waals surface area contributed by atoms with E-state index in [2.05, 4.69) is 10.2 Å². The van der Waals surface area contributed by atoms with Gasteiger partial charge in [-0.1, -0.05) is 18.2 Å². The highest BCUT2D eigenvalue weighted by Crippen LogP contribution is 2.46. The highest BCUT2D eigenvalue weighted by molar-refractivity contribution is 7.15. The molecular weight excluding hydrogens is 376 g/mol. The fourth-order valence-electron chi connectivity index (χ4n) is 3.46. The molecule has 0 radical (unpaired) electrons. The Morgan fingerprint density at radius 2 is 2.14 bits per heavy atom. The van der Waals surface area contributed by atoms with Crippen molar-refractivity contribution >= 4 is 28.2 Å². The quantitative estimate of drug-likeness (QED) is 0.750. The van der Waals surface area contributed by atoms with Crippen LogP contribution in [-0.4, -0.2) is 43.1 Å². The summed E-state index contributed by atoms with van der Waals surface area (Å²) in [5, 5.41) is 5.52. The van der Waals surface area contributed by atoms with Crippen molar-refractivity contribution in [3.8, 4) is 5.75 Å². The molecule has 1 fully saturated rings. The van der Waals surface area contributed by atoms with Crippen LogP contribution in [0.1, 0.15) is 47.2 Å². The molecule has 1 aromatic carbocycles. The molecule has 28 heavy (non-hydrogen) atoms. The van der Waals surface area contributed by atoms with Gasteiger partial charge in [-0.15, -0.1) is 11.3 Å². The van der Waals surface area contributed by atoms with Crippen LogP contribution in [-0.2, 0) is 16.1 Å². The zero-order chi connectivity index (χ0) is 19.5. The van der Waals surface area contributed by atoms with Crippen molar-refractivity contribution in [2.45, 2.75) is 32.2 Å². The van der Waals surface area contributed by atoms with Crippen LogP contribution in [0.15, 0.2) is 29.6 Å². The summed E-state index contributed by atoms with van der Waals surface area (Å²) in [5.74, 6) is 0.815. The van der Waals surface area contributed by atoms with Crippen molar-refractivity contribution in [2.75, 3.05) is 31.6 Å². The Hall–Kier alpha value is -2.38. The van der Waals surface area contributed by atoms with Gasteiger partial charge in [0, 0.05) is 18.7 Å². The molecule has 1 aromatic heterocycles. The number of thiophene rings is 1. The lowest BCUT2D eigenvalue weighted by molar-refractivity contribution is -0.117. The van der Waals surface area contributed by atoms with Gasteiger partial charge in [0.1, 0.15) is 17.4 Å². The molecule has 1 saturated carbocycles. The summed E-state index contributed by atoms with van der Waals surface area (Å²) in [6, 6.07) is 7.90. The van der Waals surface area contributed by atoms with E-state index in [0.29, 0.717) is 42.8 Å². The number of nitrogens with zero attached hydrogens (tertiary/aromatic N) is 1. The minimum atomic E-state index is -0.349. The molecule has 148 valence electrons. The monoisotopic (exact) mass is 400 g/mol. The van der Waals surface area contributed by atoms with Crippen LogP contribution in [0, 0.1) is 0 Å². The first-order chi connectivity index (χ1) is 13.7. The Balaban J connectivity index is 1.45. The molecule has 2 aliphatic rings. The molecule has 7 heteroatoms. The second-order valence-electron chi connectivity index (χ2n) is 7.10. The van der Waals surface area contributed by atoms with Crippen LogP contribution in [0.4, 0.5) is 5.00 Å². The molecule has 1 amide bonds. The van der Waals surface area contributed by atoms with Crippen LogP contribution in [0.2, 0.25) is 0 Å². The van der Waals surface area contributed by atoms with E-state index < -0.39 is 0 Å². The summed E-state index contributed by atoms with van der Waals surface area (Å²) >= 11 is 1.41. The second kappa shape index (κ2) is 8.32. The van der Waals surface area contributed by atoms with E-state index in [9.17, 15) is 9.59 Å². The minimum Gasteiger partial charge on any atom is -0.492 e. The van der Waals surface area contributed by atoms with Crippen molar-refractivity contribution in [3.05, 3.63) is 46.3 Å². The molecular formula is C21H24N2O4S. The van der Waals surface area contributed by atoms with E-state index in [4.69, 9.17) is 9.47 Å². The lowest BCUT2D eigenvalue weighted by atomic mass is 10.1. The maximum atomic E-state index is 12.7. The predicted molar refractivity (Wildman–Crippen MR) is 108 cm³/mol. The molecule has 0 spiro atoms. The first kappa shape index (κ1) is 19.0. The van der Waals surface area contributed by atoms with E-state index in [1.807, 2.05) is 29.6 Å². The van der Waals surface area contributed by atoms with Gasteiger partial charge in [0.15, 0.2) is 0 Å². The fourth-order valence-corrected chi connectivity index (χ4v) is 4.50. The van der Waals surface area contributed by atoms with Crippen LogP contribution in [0.5, 0.6) is 5.75 Å². The number of benzene rings is 1. The predicted octanol–water partition coefficient (Wildman–Crippen LogP) is 3.64. The van der Waals surface area contributed by atoms with E-state index in [1.165, 1.54) is 11.3 Å². The molecule has 0 bridgehead atoms. The highest BCUT2D eigenvalue weighted by atomic mass is 32.1. The first-order valence-corrected chi connectivity index (χ1v) is 10.5. The lowest BCUT2D eigenvalue weighted by Gasteiger charge is -2.18. The van der Waals surface area contributed by atoms with E-state index in [0.717, 1.165) is 29.7 Å².